The second-order valence-electron chi connectivity index (χ2n) is 6.09. The minimum Gasteiger partial charge on any atom is -0.497 e. The molecule has 0 bridgehead atoms. The lowest BCUT2D eigenvalue weighted by Gasteiger charge is -2.26. The van der Waals surface area contributed by atoms with Crippen molar-refractivity contribution in [2.75, 3.05) is 33.4 Å². The van der Waals surface area contributed by atoms with E-state index in [0.717, 1.165) is 5.56 Å². The van der Waals surface area contributed by atoms with Crippen molar-refractivity contribution in [3.05, 3.63) is 58.1 Å². The Balaban J connectivity index is 1.75. The quantitative estimate of drug-likeness (QED) is 0.604. The number of halogens is 1. The number of hydrogen-bond donors (Lipinski definition) is 0. The number of hydrogen-bond acceptors (Lipinski definition) is 6. The van der Waals surface area contributed by atoms with Crippen LogP contribution in [-0.2, 0) is 26.1 Å². The van der Waals surface area contributed by atoms with Crippen molar-refractivity contribution < 1.29 is 27.4 Å². The molecule has 0 aliphatic carbocycles. The summed E-state index contributed by atoms with van der Waals surface area (Å²) in [5.41, 5.74) is 0.968. The van der Waals surface area contributed by atoms with Gasteiger partial charge in [0.2, 0.25) is 10.0 Å². The first-order valence-corrected chi connectivity index (χ1v) is 10.8. The lowest BCUT2D eigenvalue weighted by atomic mass is 10.2. The Bertz CT molecular complexity index is 939. The van der Waals surface area contributed by atoms with Crippen molar-refractivity contribution in [2.45, 2.75) is 11.5 Å². The first-order chi connectivity index (χ1) is 13.4. The molecule has 28 heavy (non-hydrogen) atoms. The van der Waals surface area contributed by atoms with Gasteiger partial charge in [0, 0.05) is 17.6 Å². The van der Waals surface area contributed by atoms with Gasteiger partial charge in [-0.25, -0.2) is 13.2 Å². The minimum absolute atomic E-state index is 0.0355. The highest BCUT2D eigenvalue weighted by molar-refractivity contribution is 9.10. The van der Waals surface area contributed by atoms with E-state index in [4.69, 9.17) is 14.2 Å². The van der Waals surface area contributed by atoms with Crippen LogP contribution in [0.15, 0.2) is 51.8 Å². The Morgan fingerprint density at radius 1 is 1.14 bits per heavy atom. The molecule has 0 radical (unpaired) electrons. The molecule has 0 spiro atoms. The number of nitrogens with zero attached hydrogens (tertiary/aromatic N) is 1. The van der Waals surface area contributed by atoms with Gasteiger partial charge in [-0.15, -0.1) is 0 Å². The van der Waals surface area contributed by atoms with Crippen molar-refractivity contribution in [2.24, 2.45) is 0 Å². The summed E-state index contributed by atoms with van der Waals surface area (Å²) in [5.74, 6) is 0.114. The van der Waals surface area contributed by atoms with E-state index in [1.54, 1.807) is 31.4 Å². The van der Waals surface area contributed by atoms with Crippen molar-refractivity contribution >= 4 is 31.9 Å². The van der Waals surface area contributed by atoms with E-state index in [-0.39, 0.29) is 30.2 Å². The van der Waals surface area contributed by atoms with Crippen LogP contribution in [0.2, 0.25) is 0 Å². The first-order valence-electron chi connectivity index (χ1n) is 8.59. The lowest BCUT2D eigenvalue weighted by Crippen LogP contribution is -2.40. The molecule has 0 unspecified atom stereocenters. The molecule has 1 saturated heterocycles. The van der Waals surface area contributed by atoms with Gasteiger partial charge >= 0.3 is 5.97 Å². The van der Waals surface area contributed by atoms with Gasteiger partial charge in [-0.1, -0.05) is 12.1 Å². The molecule has 1 heterocycles. The Morgan fingerprint density at radius 2 is 1.82 bits per heavy atom. The summed E-state index contributed by atoms with van der Waals surface area (Å²) >= 11 is 3.27. The van der Waals surface area contributed by atoms with Gasteiger partial charge in [0.1, 0.15) is 12.4 Å². The van der Waals surface area contributed by atoms with Crippen LogP contribution < -0.4 is 4.74 Å². The number of sulfonamides is 1. The molecule has 1 aliphatic rings. The third-order valence-electron chi connectivity index (χ3n) is 4.28. The summed E-state index contributed by atoms with van der Waals surface area (Å²) < 4.78 is 43.2. The SMILES string of the molecule is COc1ccc(COC(=O)c2ccc(Br)c(S(=O)(=O)N3CCOCC3)c2)cc1. The van der Waals surface area contributed by atoms with Gasteiger partial charge in [0.05, 0.1) is 30.8 Å². The van der Waals surface area contributed by atoms with Crippen LogP contribution in [0.5, 0.6) is 5.75 Å². The zero-order valence-electron chi connectivity index (χ0n) is 15.3. The first kappa shape index (κ1) is 20.8. The maximum absolute atomic E-state index is 12.9. The standard InChI is InChI=1S/C19H20BrNO6S/c1-25-16-5-2-14(3-6-16)13-27-19(22)15-4-7-17(20)18(12-15)28(23,24)21-8-10-26-11-9-21/h2-7,12H,8-11,13H2,1H3. The predicted octanol–water partition coefficient (Wildman–Crippen LogP) is 2.84. The fraction of sp³-hybridized carbons (Fsp3) is 0.316. The van der Waals surface area contributed by atoms with E-state index in [1.807, 2.05) is 0 Å². The highest BCUT2D eigenvalue weighted by atomic mass is 79.9. The van der Waals surface area contributed by atoms with Crippen LogP contribution >= 0.6 is 15.9 Å². The number of carbonyl (C=O) groups is 1. The van der Waals surface area contributed by atoms with Crippen LogP contribution in [0.4, 0.5) is 0 Å². The molecule has 0 N–H and O–H groups in total. The fourth-order valence-corrected chi connectivity index (χ4v) is 5.07. The van der Waals surface area contributed by atoms with Crippen LogP contribution in [0.1, 0.15) is 15.9 Å². The van der Waals surface area contributed by atoms with E-state index in [9.17, 15) is 13.2 Å². The molecule has 1 aliphatic heterocycles. The largest absolute Gasteiger partial charge is 0.497 e. The Hall–Kier alpha value is -1.94. The van der Waals surface area contributed by atoms with E-state index in [0.29, 0.717) is 23.4 Å². The number of morpholine rings is 1. The van der Waals surface area contributed by atoms with Crippen LogP contribution in [0.25, 0.3) is 0 Å². The Labute approximate surface area is 172 Å². The maximum Gasteiger partial charge on any atom is 0.338 e. The lowest BCUT2D eigenvalue weighted by molar-refractivity contribution is 0.0472. The molecule has 7 nitrogen and oxygen atoms in total. The normalized spacial score (nSPS) is 15.2. The average Bonchev–Trinajstić information content (AvgIpc) is 2.73. The number of rotatable bonds is 6. The molecular weight excluding hydrogens is 450 g/mol. The molecule has 2 aromatic rings. The van der Waals surface area contributed by atoms with Crippen molar-refractivity contribution in [3.63, 3.8) is 0 Å². The maximum atomic E-state index is 12.9. The second-order valence-corrected chi connectivity index (χ2v) is 8.85. The highest BCUT2D eigenvalue weighted by Gasteiger charge is 2.29. The fourth-order valence-electron chi connectivity index (χ4n) is 2.71. The molecule has 0 amide bonds. The number of carbonyl (C=O) groups excluding carboxylic acids is 1. The molecule has 0 saturated carbocycles. The minimum atomic E-state index is -3.74. The zero-order chi connectivity index (χ0) is 20.1. The molecule has 0 aromatic heterocycles. The smallest absolute Gasteiger partial charge is 0.338 e. The van der Waals surface area contributed by atoms with Crippen LogP contribution in [0.3, 0.4) is 0 Å². The summed E-state index contributed by atoms with van der Waals surface area (Å²) in [7, 11) is -2.16. The van der Waals surface area contributed by atoms with Crippen molar-refractivity contribution in [3.8, 4) is 5.75 Å². The number of benzene rings is 2. The van der Waals surface area contributed by atoms with E-state index < -0.39 is 16.0 Å². The third-order valence-corrected chi connectivity index (χ3v) is 7.18. The molecule has 3 rings (SSSR count). The highest BCUT2D eigenvalue weighted by Crippen LogP contribution is 2.27. The third kappa shape index (κ3) is 4.72. The molecular formula is C19H20BrNO6S. The Kier molecular flexibility index (Phi) is 6.71. The number of ether oxygens (including phenoxy) is 3. The molecule has 2 aromatic carbocycles. The van der Waals surface area contributed by atoms with Gasteiger partial charge in [-0.05, 0) is 51.8 Å². The van der Waals surface area contributed by atoms with Crippen LogP contribution in [-0.4, -0.2) is 52.1 Å². The van der Waals surface area contributed by atoms with Crippen molar-refractivity contribution in [1.82, 2.24) is 4.31 Å². The van der Waals surface area contributed by atoms with Gasteiger partial charge in [0.25, 0.3) is 0 Å². The van der Waals surface area contributed by atoms with Gasteiger partial charge < -0.3 is 14.2 Å². The summed E-state index contributed by atoms with van der Waals surface area (Å²) in [4.78, 5) is 12.5. The summed E-state index contributed by atoms with van der Waals surface area (Å²) in [6.07, 6.45) is 0. The molecule has 9 heteroatoms. The zero-order valence-corrected chi connectivity index (χ0v) is 17.7. The topological polar surface area (TPSA) is 82.1 Å². The second kappa shape index (κ2) is 9.04. The van der Waals surface area contributed by atoms with Gasteiger partial charge in [0.15, 0.2) is 0 Å². The van der Waals surface area contributed by atoms with E-state index in [2.05, 4.69) is 15.9 Å². The molecule has 0 atom stereocenters. The Morgan fingerprint density at radius 3 is 2.46 bits per heavy atom. The molecule has 1 fully saturated rings. The van der Waals surface area contributed by atoms with E-state index in [1.165, 1.54) is 22.5 Å². The summed E-state index contributed by atoms with van der Waals surface area (Å²) in [6, 6.07) is 11.5. The summed E-state index contributed by atoms with van der Waals surface area (Å²) in [6.45, 7) is 1.33. The monoisotopic (exact) mass is 469 g/mol. The van der Waals surface area contributed by atoms with Crippen molar-refractivity contribution in [1.29, 1.82) is 0 Å². The van der Waals surface area contributed by atoms with Gasteiger partial charge in [-0.3, -0.25) is 0 Å². The average molecular weight is 470 g/mol. The number of esters is 1. The van der Waals surface area contributed by atoms with Crippen LogP contribution in [0, 0.1) is 0 Å². The molecule has 150 valence electrons. The predicted molar refractivity (Wildman–Crippen MR) is 106 cm³/mol. The summed E-state index contributed by atoms with van der Waals surface area (Å²) in [5, 5.41) is 0. The number of methoxy groups -OCH3 is 1. The van der Waals surface area contributed by atoms with E-state index >= 15 is 0 Å². The van der Waals surface area contributed by atoms with Gasteiger partial charge in [-0.2, -0.15) is 4.31 Å².